The Hall–Kier alpha value is -8.09. The number of aromatic nitrogens is 5. The highest BCUT2D eigenvalue weighted by Gasteiger charge is 2.25. The summed E-state index contributed by atoms with van der Waals surface area (Å²) in [5.74, 6) is 2.54. The van der Waals surface area contributed by atoms with Crippen molar-refractivity contribution in [2.24, 2.45) is 0 Å². The van der Waals surface area contributed by atoms with Gasteiger partial charge in [0.1, 0.15) is 17.3 Å². The van der Waals surface area contributed by atoms with Gasteiger partial charge in [-0.2, -0.15) is 0 Å². The second-order valence-electron chi connectivity index (χ2n) is 21.5. The van der Waals surface area contributed by atoms with Gasteiger partial charge in [-0.1, -0.05) is 190 Å². The first kappa shape index (κ1) is 39.7. The van der Waals surface area contributed by atoms with Crippen LogP contribution in [-0.4, -0.2) is 19.1 Å². The zero-order chi connectivity index (χ0) is 53.6. The Bertz CT molecular complexity index is 4040. The molecule has 0 saturated heterocycles. The fourth-order valence-corrected chi connectivity index (χ4v) is 9.50. The lowest BCUT2D eigenvalue weighted by molar-refractivity contribution is -0.571. The molecule has 0 radical (unpaired) electrons. The summed E-state index contributed by atoms with van der Waals surface area (Å²) in [5.41, 5.74) is 11.7. The summed E-state index contributed by atoms with van der Waals surface area (Å²) in [7, 11) is 0. The first-order chi connectivity index (χ1) is 36.2. The van der Waals surface area contributed by atoms with Crippen LogP contribution in [0.25, 0.3) is 83.5 Å². The van der Waals surface area contributed by atoms with E-state index in [1.165, 1.54) is 5.56 Å². The first-order valence-electron chi connectivity index (χ1n) is 26.7. The van der Waals surface area contributed by atoms with E-state index in [-0.39, 0.29) is 33.9 Å². The Morgan fingerprint density at radius 1 is 0.479 bits per heavy atom. The number of pyridine rings is 2. The maximum Gasteiger partial charge on any atom is 0.271 e. The van der Waals surface area contributed by atoms with Crippen molar-refractivity contribution in [1.82, 2.24) is 19.1 Å². The van der Waals surface area contributed by atoms with Crippen molar-refractivity contribution in [1.29, 1.82) is 0 Å². The summed E-state index contributed by atoms with van der Waals surface area (Å²) in [6.07, 6.45) is 7.26. The molecule has 6 heteroatoms. The van der Waals surface area contributed by atoms with Crippen LogP contribution < -0.4 is 9.30 Å². The number of para-hydroxylation sites is 3. The van der Waals surface area contributed by atoms with Crippen molar-refractivity contribution in [3.63, 3.8) is 0 Å². The Morgan fingerprint density at radius 3 is 1.87 bits per heavy atom. The molecule has 0 fully saturated rings. The van der Waals surface area contributed by atoms with Crippen molar-refractivity contribution in [2.75, 3.05) is 0 Å². The van der Waals surface area contributed by atoms with Crippen molar-refractivity contribution in [3.05, 3.63) is 217 Å². The molecule has 0 spiro atoms. The van der Waals surface area contributed by atoms with E-state index in [4.69, 9.17) is 18.8 Å². The largest absolute Gasteiger partial charge is 0.458 e. The molecule has 0 atom stereocenters. The van der Waals surface area contributed by atoms with Crippen LogP contribution in [0, 0.1) is 6.33 Å². The van der Waals surface area contributed by atoms with E-state index in [1.54, 1.807) is 6.20 Å². The van der Waals surface area contributed by atoms with Gasteiger partial charge in [0, 0.05) is 35.3 Å². The minimum atomic E-state index is -0.448. The number of hydrogen-bond donors (Lipinski definition) is 0. The lowest BCUT2D eigenvalue weighted by Gasteiger charge is -2.27. The molecule has 6 nitrogen and oxygen atoms in total. The summed E-state index contributed by atoms with van der Waals surface area (Å²) in [6.45, 7) is 19.8. The Morgan fingerprint density at radius 2 is 1.14 bits per heavy atom. The highest BCUT2D eigenvalue weighted by atomic mass is 16.5. The topological polar surface area (TPSA) is 48.8 Å². The van der Waals surface area contributed by atoms with Gasteiger partial charge >= 0.3 is 0 Å². The molecule has 4 aromatic heterocycles. The predicted octanol–water partition coefficient (Wildman–Crippen LogP) is 16.3. The molecule has 0 aliphatic rings. The second kappa shape index (κ2) is 17.4. The summed E-state index contributed by atoms with van der Waals surface area (Å²) < 4.78 is 57.3. The first-order valence-corrected chi connectivity index (χ1v) is 24.2. The predicted molar refractivity (Wildman–Crippen MR) is 292 cm³/mol. The van der Waals surface area contributed by atoms with Crippen LogP contribution in [0.5, 0.6) is 11.5 Å². The van der Waals surface area contributed by atoms with Gasteiger partial charge in [0.25, 0.3) is 6.33 Å². The van der Waals surface area contributed by atoms with E-state index in [1.807, 2.05) is 82.1 Å². The van der Waals surface area contributed by atoms with Crippen LogP contribution in [0.4, 0.5) is 0 Å². The molecule has 11 rings (SSSR count). The van der Waals surface area contributed by atoms with E-state index in [0.29, 0.717) is 28.6 Å². The lowest BCUT2D eigenvalue weighted by atomic mass is 9.78. The average Bonchev–Trinajstić information content (AvgIpc) is 3.98. The van der Waals surface area contributed by atoms with Gasteiger partial charge in [-0.05, 0) is 109 Å². The smallest absolute Gasteiger partial charge is 0.271 e. The van der Waals surface area contributed by atoms with Crippen LogP contribution >= 0.6 is 0 Å². The highest BCUT2D eigenvalue weighted by molar-refractivity contribution is 6.10. The molecule has 0 bridgehead atoms. The molecule has 0 amide bonds. The number of hydrogen-bond acceptors (Lipinski definition) is 3. The Balaban J connectivity index is 1.08. The van der Waals surface area contributed by atoms with E-state index in [0.717, 1.165) is 72.0 Å². The molecular weight excluding hydrogens is 867 g/mol. The van der Waals surface area contributed by atoms with E-state index >= 15 is 0 Å². The van der Waals surface area contributed by atoms with Crippen LogP contribution in [0.2, 0.25) is 0 Å². The maximum atomic E-state index is 9.23. The molecule has 71 heavy (non-hydrogen) atoms. The maximum absolute atomic E-state index is 9.23. The summed E-state index contributed by atoms with van der Waals surface area (Å²) in [4.78, 5) is 9.84. The van der Waals surface area contributed by atoms with E-state index in [9.17, 15) is 2.74 Å². The third-order valence-electron chi connectivity index (χ3n) is 13.4. The van der Waals surface area contributed by atoms with Crippen molar-refractivity contribution >= 4 is 32.8 Å². The molecule has 0 saturated carbocycles. The standard InChI is InChI=1S/C65H59N5O/c1-63(2,3)47-31-33-67-61(39-47)70-56-30-27-45(43-19-12-10-13-20-43)37-55(56)54-29-28-50(40-59(54)70)71-51-32-34-66-60(41-51)68-42-69(58-26-17-16-25-57(58)68)62-52(44-21-14-11-15-22-44)23-18-24-53(62)46-35-48(64(4,5)6)38-49(36-46)65(7,8)9/h10-41H,1-9H3/i11D,14D,15D,21D,22D. The summed E-state index contributed by atoms with van der Waals surface area (Å²) >= 11 is 0. The summed E-state index contributed by atoms with van der Waals surface area (Å²) in [6, 6.07) is 49.8. The second-order valence-corrected chi connectivity index (χ2v) is 21.5. The third kappa shape index (κ3) is 8.58. The molecule has 0 aliphatic carbocycles. The molecule has 4 heterocycles. The average molecular weight is 931 g/mol. The molecule has 0 unspecified atom stereocenters. The fourth-order valence-electron chi connectivity index (χ4n) is 9.50. The molecule has 0 aliphatic heterocycles. The number of ether oxygens (including phenoxy) is 1. The number of imidazole rings is 1. The van der Waals surface area contributed by atoms with Crippen LogP contribution in [0.1, 0.15) is 85.9 Å². The minimum Gasteiger partial charge on any atom is -0.458 e. The van der Waals surface area contributed by atoms with Crippen molar-refractivity contribution < 1.29 is 16.2 Å². The monoisotopic (exact) mass is 931 g/mol. The number of benzene rings is 7. The number of fused-ring (bicyclic) bond motifs is 4. The van der Waals surface area contributed by atoms with Crippen LogP contribution in [-0.2, 0) is 16.2 Å². The van der Waals surface area contributed by atoms with Gasteiger partial charge in [0.05, 0.1) is 34.6 Å². The lowest BCUT2D eigenvalue weighted by Crippen LogP contribution is -2.31. The minimum absolute atomic E-state index is 0.0871. The van der Waals surface area contributed by atoms with Gasteiger partial charge in [0.2, 0.25) is 0 Å². The van der Waals surface area contributed by atoms with Gasteiger partial charge in [-0.25, -0.2) is 4.98 Å². The van der Waals surface area contributed by atoms with Gasteiger partial charge in [-0.15, -0.1) is 0 Å². The zero-order valence-electron chi connectivity index (χ0n) is 46.7. The zero-order valence-corrected chi connectivity index (χ0v) is 41.7. The number of rotatable bonds is 8. The van der Waals surface area contributed by atoms with E-state index in [2.05, 4.69) is 158 Å². The molecule has 11 aromatic rings. The van der Waals surface area contributed by atoms with Gasteiger partial charge in [0.15, 0.2) is 5.82 Å². The van der Waals surface area contributed by atoms with E-state index < -0.39 is 18.1 Å². The normalized spacial score (nSPS) is 13.3. The van der Waals surface area contributed by atoms with Crippen LogP contribution in [0.15, 0.2) is 194 Å². The van der Waals surface area contributed by atoms with Gasteiger partial charge in [-0.3, -0.25) is 18.7 Å². The molecule has 350 valence electrons. The van der Waals surface area contributed by atoms with Crippen molar-refractivity contribution in [3.8, 4) is 62.2 Å². The highest BCUT2D eigenvalue weighted by Crippen LogP contribution is 2.41. The number of nitrogens with zero attached hydrogens (tertiary/aromatic N) is 5. The van der Waals surface area contributed by atoms with Crippen molar-refractivity contribution in [2.45, 2.75) is 78.6 Å². The summed E-state index contributed by atoms with van der Waals surface area (Å²) in [5, 5.41) is 2.17. The van der Waals surface area contributed by atoms with Gasteiger partial charge < -0.3 is 4.74 Å². The quantitative estimate of drug-likeness (QED) is 0.113. The SMILES string of the molecule is [2H]c1c([2H])c([2H])c(-c2cccc(-c3cc(C(C)(C)C)cc(C(C)(C)C)c3)c2-[n+]2[c-]n(-c3cc(Oc4ccc5c6cc(-c7ccccc7)ccc6n(-c6cc(C(C)(C)C)ccn6)c5c4)ccn3)c3ccccc32)c([2H])c1[2H]. The van der Waals surface area contributed by atoms with Crippen LogP contribution in [0.3, 0.4) is 0 Å². The molecular formula is C65H59N5O. The Labute approximate surface area is 424 Å². The molecule has 7 aromatic carbocycles. The molecule has 0 N–H and O–H groups in total. The Kier molecular flexibility index (Phi) is 9.73. The fraction of sp³-hybridized carbons (Fsp3) is 0.185. The third-order valence-corrected chi connectivity index (χ3v) is 13.4.